The van der Waals surface area contributed by atoms with Crippen LogP contribution in [0.2, 0.25) is 0 Å². The maximum atomic E-state index is 8.68. The van der Waals surface area contributed by atoms with Gasteiger partial charge in [0.05, 0.1) is 12.1 Å². The minimum atomic E-state index is 0.316. The fourth-order valence-corrected chi connectivity index (χ4v) is 2.23. The van der Waals surface area contributed by atoms with Crippen LogP contribution >= 0.6 is 0 Å². The zero-order valence-corrected chi connectivity index (χ0v) is 11.9. The van der Waals surface area contributed by atoms with Gasteiger partial charge in [0.25, 0.3) is 0 Å². The minimum absolute atomic E-state index is 0.316. The Bertz CT molecular complexity index is 513. The second-order valence-electron chi connectivity index (χ2n) is 5.04. The smallest absolute Gasteiger partial charge is 0.213 e. The number of hydrogen-bond acceptors (Lipinski definition) is 3. The van der Waals surface area contributed by atoms with Crippen molar-refractivity contribution in [1.29, 1.82) is 0 Å². The van der Waals surface area contributed by atoms with E-state index in [1.54, 1.807) is 0 Å². The second-order valence-corrected chi connectivity index (χ2v) is 5.04. The number of rotatable bonds is 9. The van der Waals surface area contributed by atoms with Crippen molar-refractivity contribution in [2.75, 3.05) is 13.2 Å². The Balaban J connectivity index is 1.65. The molecule has 0 fully saturated rings. The van der Waals surface area contributed by atoms with Crippen LogP contribution < -0.4 is 4.74 Å². The number of para-hydroxylation sites is 1. The van der Waals surface area contributed by atoms with Crippen LogP contribution in [-0.2, 0) is 0 Å². The molecule has 0 aliphatic heterocycles. The molecule has 0 saturated heterocycles. The fraction of sp³-hybridized carbons (Fsp3) is 0.471. The highest BCUT2D eigenvalue weighted by Gasteiger charge is 1.98. The molecule has 0 radical (unpaired) electrons. The molecule has 20 heavy (non-hydrogen) atoms. The summed E-state index contributed by atoms with van der Waals surface area (Å²) in [5, 5.41) is 9.82. The maximum Gasteiger partial charge on any atom is 0.213 e. The third-order valence-electron chi connectivity index (χ3n) is 3.38. The summed E-state index contributed by atoms with van der Waals surface area (Å²) >= 11 is 0. The number of benzene rings is 1. The highest BCUT2D eigenvalue weighted by Crippen LogP contribution is 2.16. The number of aliphatic hydroxyl groups is 1. The first-order chi connectivity index (χ1) is 9.90. The summed E-state index contributed by atoms with van der Waals surface area (Å²) in [7, 11) is 0. The third-order valence-corrected chi connectivity index (χ3v) is 3.38. The topological polar surface area (TPSA) is 42.4 Å². The Morgan fingerprint density at radius 1 is 0.850 bits per heavy atom. The summed E-state index contributed by atoms with van der Waals surface area (Å²) in [6.45, 7) is 1.04. The van der Waals surface area contributed by atoms with E-state index in [1.807, 2.05) is 30.3 Å². The Morgan fingerprint density at radius 3 is 2.45 bits per heavy atom. The molecule has 1 heterocycles. The van der Waals surface area contributed by atoms with Crippen LogP contribution in [0.25, 0.3) is 10.9 Å². The van der Waals surface area contributed by atoms with Crippen molar-refractivity contribution in [2.45, 2.75) is 38.5 Å². The normalized spacial score (nSPS) is 10.8. The van der Waals surface area contributed by atoms with Gasteiger partial charge in [-0.15, -0.1) is 0 Å². The lowest BCUT2D eigenvalue weighted by atomic mass is 10.1. The van der Waals surface area contributed by atoms with E-state index in [1.165, 1.54) is 19.3 Å². The maximum absolute atomic E-state index is 8.68. The summed E-state index contributed by atoms with van der Waals surface area (Å²) in [5.41, 5.74) is 0.981. The summed E-state index contributed by atoms with van der Waals surface area (Å²) in [5.74, 6) is 0.712. The molecular formula is C17H23NO2. The van der Waals surface area contributed by atoms with E-state index < -0.39 is 0 Å². The van der Waals surface area contributed by atoms with Crippen LogP contribution in [0.1, 0.15) is 38.5 Å². The summed E-state index contributed by atoms with van der Waals surface area (Å²) in [6, 6.07) is 12.0. The van der Waals surface area contributed by atoms with E-state index in [0.29, 0.717) is 12.5 Å². The van der Waals surface area contributed by atoms with Crippen LogP contribution in [0.15, 0.2) is 36.4 Å². The molecule has 0 bridgehead atoms. The van der Waals surface area contributed by atoms with Crippen molar-refractivity contribution in [2.24, 2.45) is 0 Å². The molecule has 1 aromatic carbocycles. The number of fused-ring (bicyclic) bond motifs is 1. The number of nitrogens with zero attached hydrogens (tertiary/aromatic N) is 1. The molecule has 108 valence electrons. The predicted octanol–water partition coefficient (Wildman–Crippen LogP) is 3.95. The van der Waals surface area contributed by atoms with Gasteiger partial charge in [-0.3, -0.25) is 0 Å². The van der Waals surface area contributed by atoms with Gasteiger partial charge in [-0.25, -0.2) is 4.98 Å². The molecule has 3 heteroatoms. The van der Waals surface area contributed by atoms with Gasteiger partial charge >= 0.3 is 0 Å². The zero-order valence-electron chi connectivity index (χ0n) is 11.9. The van der Waals surface area contributed by atoms with Crippen molar-refractivity contribution in [3.63, 3.8) is 0 Å². The van der Waals surface area contributed by atoms with Gasteiger partial charge in [0, 0.05) is 18.1 Å². The van der Waals surface area contributed by atoms with Gasteiger partial charge in [-0.1, -0.05) is 43.9 Å². The molecular weight excluding hydrogens is 250 g/mol. The number of aromatic nitrogens is 1. The van der Waals surface area contributed by atoms with Gasteiger partial charge in [-0.05, 0) is 25.0 Å². The van der Waals surface area contributed by atoms with Crippen molar-refractivity contribution >= 4 is 10.9 Å². The second kappa shape index (κ2) is 8.54. The summed E-state index contributed by atoms with van der Waals surface area (Å²) in [6.07, 6.45) is 6.72. The average Bonchev–Trinajstić information content (AvgIpc) is 2.50. The molecule has 3 nitrogen and oxygen atoms in total. The third kappa shape index (κ3) is 4.82. The lowest BCUT2D eigenvalue weighted by Crippen LogP contribution is -1.99. The monoisotopic (exact) mass is 273 g/mol. The average molecular weight is 273 g/mol. The van der Waals surface area contributed by atoms with Crippen LogP contribution in [0, 0.1) is 0 Å². The summed E-state index contributed by atoms with van der Waals surface area (Å²) in [4.78, 5) is 4.48. The first-order valence-electron chi connectivity index (χ1n) is 7.49. The van der Waals surface area contributed by atoms with E-state index >= 15 is 0 Å². The lowest BCUT2D eigenvalue weighted by Gasteiger charge is -2.06. The first-order valence-corrected chi connectivity index (χ1v) is 7.49. The zero-order chi connectivity index (χ0) is 14.0. The van der Waals surface area contributed by atoms with E-state index in [0.717, 1.165) is 36.8 Å². The molecule has 0 amide bonds. The van der Waals surface area contributed by atoms with E-state index in [-0.39, 0.29) is 0 Å². The number of aliphatic hydroxyl groups excluding tert-OH is 1. The van der Waals surface area contributed by atoms with Crippen LogP contribution in [-0.4, -0.2) is 23.3 Å². The molecule has 1 aromatic heterocycles. The molecule has 0 aliphatic rings. The van der Waals surface area contributed by atoms with E-state index in [4.69, 9.17) is 9.84 Å². The van der Waals surface area contributed by atoms with Crippen LogP contribution in [0.4, 0.5) is 0 Å². The van der Waals surface area contributed by atoms with Crippen molar-refractivity contribution in [1.82, 2.24) is 4.98 Å². The Hall–Kier alpha value is -1.61. The molecule has 1 N–H and O–H groups in total. The van der Waals surface area contributed by atoms with E-state index in [2.05, 4.69) is 11.1 Å². The minimum Gasteiger partial charge on any atom is -0.478 e. The standard InChI is InChI=1S/C17H23NO2/c19-13-7-3-1-2-4-8-14-20-17-12-11-15-9-5-6-10-16(15)18-17/h5-6,9-12,19H,1-4,7-8,13-14H2. The number of unbranched alkanes of at least 4 members (excludes halogenated alkanes) is 5. The number of pyridine rings is 1. The van der Waals surface area contributed by atoms with Gasteiger partial charge in [0.1, 0.15) is 0 Å². The Kier molecular flexibility index (Phi) is 6.32. The van der Waals surface area contributed by atoms with Crippen molar-refractivity contribution in [3.8, 4) is 5.88 Å². The van der Waals surface area contributed by atoms with Crippen LogP contribution in [0.3, 0.4) is 0 Å². The fourth-order valence-electron chi connectivity index (χ4n) is 2.23. The quantitative estimate of drug-likeness (QED) is 0.703. The Labute approximate surface area is 120 Å². The van der Waals surface area contributed by atoms with Crippen molar-refractivity contribution in [3.05, 3.63) is 36.4 Å². The SMILES string of the molecule is OCCCCCCCCOc1ccc2ccccc2n1. The number of ether oxygens (including phenoxy) is 1. The molecule has 0 aliphatic carbocycles. The molecule has 2 rings (SSSR count). The largest absolute Gasteiger partial charge is 0.478 e. The van der Waals surface area contributed by atoms with Crippen LogP contribution in [0.5, 0.6) is 5.88 Å². The van der Waals surface area contributed by atoms with Gasteiger partial charge in [0.15, 0.2) is 0 Å². The first kappa shape index (κ1) is 14.8. The Morgan fingerprint density at radius 2 is 1.60 bits per heavy atom. The van der Waals surface area contributed by atoms with Crippen molar-refractivity contribution < 1.29 is 9.84 Å². The molecule has 0 spiro atoms. The van der Waals surface area contributed by atoms with Gasteiger partial charge in [-0.2, -0.15) is 0 Å². The van der Waals surface area contributed by atoms with E-state index in [9.17, 15) is 0 Å². The number of hydrogen-bond donors (Lipinski definition) is 1. The lowest BCUT2D eigenvalue weighted by molar-refractivity contribution is 0.279. The molecule has 0 unspecified atom stereocenters. The predicted molar refractivity (Wildman–Crippen MR) is 82.0 cm³/mol. The summed E-state index contributed by atoms with van der Waals surface area (Å²) < 4.78 is 5.69. The van der Waals surface area contributed by atoms with Gasteiger partial charge < -0.3 is 9.84 Å². The molecule has 0 atom stereocenters. The highest BCUT2D eigenvalue weighted by molar-refractivity contribution is 5.78. The highest BCUT2D eigenvalue weighted by atomic mass is 16.5. The molecule has 2 aromatic rings. The van der Waals surface area contributed by atoms with Gasteiger partial charge in [0.2, 0.25) is 5.88 Å². The molecule has 0 saturated carbocycles.